The molecule has 2 heterocycles. The first-order chi connectivity index (χ1) is 15.4. The summed E-state index contributed by atoms with van der Waals surface area (Å²) in [6.07, 6.45) is 0.443. The molecule has 2 aliphatic heterocycles. The SMILES string of the molecule is CO/N=C1/C[C@@H](CO)N(C(=O)c2ccc(-c3cccc(C#N)c3C)c(C3(O)COC3)c2)C1. The number of carbonyl (C=O) groups is 1. The highest BCUT2D eigenvalue weighted by Gasteiger charge is 2.41. The van der Waals surface area contributed by atoms with Gasteiger partial charge in [0.2, 0.25) is 0 Å². The van der Waals surface area contributed by atoms with Crippen LogP contribution in [0.4, 0.5) is 0 Å². The number of rotatable bonds is 5. The minimum atomic E-state index is -1.22. The molecule has 32 heavy (non-hydrogen) atoms. The Morgan fingerprint density at radius 2 is 2.12 bits per heavy atom. The average Bonchev–Trinajstić information content (AvgIpc) is 3.20. The van der Waals surface area contributed by atoms with Crippen LogP contribution in [-0.2, 0) is 15.2 Å². The van der Waals surface area contributed by atoms with Crippen molar-refractivity contribution in [2.75, 3.05) is 33.5 Å². The summed E-state index contributed by atoms with van der Waals surface area (Å²) in [6, 6.07) is 12.5. The van der Waals surface area contributed by atoms with Gasteiger partial charge in [0, 0.05) is 12.0 Å². The maximum atomic E-state index is 13.3. The van der Waals surface area contributed by atoms with Crippen LogP contribution in [0.2, 0.25) is 0 Å². The van der Waals surface area contributed by atoms with Gasteiger partial charge in [0.1, 0.15) is 12.7 Å². The molecule has 2 aromatic carbocycles. The number of hydrogen-bond acceptors (Lipinski definition) is 7. The van der Waals surface area contributed by atoms with Crippen molar-refractivity contribution >= 4 is 11.6 Å². The van der Waals surface area contributed by atoms with E-state index in [4.69, 9.17) is 9.57 Å². The van der Waals surface area contributed by atoms with Crippen molar-refractivity contribution < 1.29 is 24.6 Å². The van der Waals surface area contributed by atoms with Crippen molar-refractivity contribution in [3.8, 4) is 17.2 Å². The van der Waals surface area contributed by atoms with E-state index in [9.17, 15) is 20.3 Å². The Bertz CT molecular complexity index is 1120. The van der Waals surface area contributed by atoms with Crippen LogP contribution < -0.4 is 0 Å². The van der Waals surface area contributed by atoms with Crippen LogP contribution in [-0.4, -0.2) is 66.2 Å². The molecule has 2 aliphatic rings. The van der Waals surface area contributed by atoms with Crippen LogP contribution in [0.15, 0.2) is 41.6 Å². The lowest BCUT2D eigenvalue weighted by molar-refractivity contribution is -0.184. The first-order valence-corrected chi connectivity index (χ1v) is 10.4. The molecule has 2 saturated heterocycles. The number of oxime groups is 1. The number of amides is 1. The topological polar surface area (TPSA) is 115 Å². The van der Waals surface area contributed by atoms with Crippen LogP contribution in [0.1, 0.15) is 33.5 Å². The molecule has 0 unspecified atom stereocenters. The highest BCUT2D eigenvalue weighted by Crippen LogP contribution is 2.39. The van der Waals surface area contributed by atoms with Gasteiger partial charge in [-0.1, -0.05) is 23.4 Å². The number of benzene rings is 2. The van der Waals surface area contributed by atoms with Gasteiger partial charge in [0.05, 0.1) is 49.8 Å². The van der Waals surface area contributed by atoms with Crippen molar-refractivity contribution in [2.45, 2.75) is 25.0 Å². The quantitative estimate of drug-likeness (QED) is 0.694. The van der Waals surface area contributed by atoms with E-state index in [1.807, 2.05) is 13.0 Å². The third kappa shape index (κ3) is 3.75. The molecule has 2 fully saturated rings. The number of carbonyl (C=O) groups excluding carboxylic acids is 1. The Morgan fingerprint density at radius 1 is 1.34 bits per heavy atom. The number of ether oxygens (including phenoxy) is 1. The van der Waals surface area contributed by atoms with Crippen LogP contribution in [0.5, 0.6) is 0 Å². The summed E-state index contributed by atoms with van der Waals surface area (Å²) >= 11 is 0. The molecule has 4 rings (SSSR count). The minimum absolute atomic E-state index is 0.127. The Morgan fingerprint density at radius 3 is 2.75 bits per heavy atom. The maximum absolute atomic E-state index is 13.3. The number of likely N-dealkylation sites (tertiary alicyclic amines) is 1. The van der Waals surface area contributed by atoms with Crippen molar-refractivity contribution in [1.82, 2.24) is 4.90 Å². The predicted molar refractivity (Wildman–Crippen MR) is 117 cm³/mol. The number of nitriles is 1. The number of hydrogen-bond donors (Lipinski definition) is 2. The zero-order valence-electron chi connectivity index (χ0n) is 18.0. The fraction of sp³-hybridized carbons (Fsp3) is 0.375. The van der Waals surface area contributed by atoms with Crippen LogP contribution in [0.25, 0.3) is 11.1 Å². The zero-order valence-corrected chi connectivity index (χ0v) is 18.0. The van der Waals surface area contributed by atoms with Gasteiger partial charge in [-0.2, -0.15) is 5.26 Å². The Kier molecular flexibility index (Phi) is 5.98. The highest BCUT2D eigenvalue weighted by molar-refractivity contribution is 6.01. The van der Waals surface area contributed by atoms with Gasteiger partial charge in [-0.3, -0.25) is 4.79 Å². The summed E-state index contributed by atoms with van der Waals surface area (Å²) < 4.78 is 5.27. The second-order valence-electron chi connectivity index (χ2n) is 8.19. The van der Waals surface area contributed by atoms with Gasteiger partial charge in [0.25, 0.3) is 5.91 Å². The average molecular weight is 435 g/mol. The molecule has 8 heteroatoms. The number of aliphatic hydroxyl groups is 2. The van der Waals surface area contributed by atoms with E-state index in [-0.39, 0.29) is 38.3 Å². The lowest BCUT2D eigenvalue weighted by Crippen LogP contribution is -2.47. The summed E-state index contributed by atoms with van der Waals surface area (Å²) in [5.41, 5.74) is 3.38. The standard InChI is InChI=1S/C24H25N3O5/c1-15-17(10-25)4-3-5-20(15)21-7-6-16(8-22(21)24(30)13-32-14-24)23(29)27-11-18(26-31-2)9-19(27)12-28/h3-8,19,28,30H,9,11-14H2,1-2H3/b26-18-/t19-/m0/s1. The fourth-order valence-electron chi connectivity index (χ4n) is 4.33. The molecular weight excluding hydrogens is 410 g/mol. The van der Waals surface area contributed by atoms with E-state index >= 15 is 0 Å². The Labute approximate surface area is 186 Å². The molecule has 0 radical (unpaired) electrons. The molecule has 166 valence electrons. The summed E-state index contributed by atoms with van der Waals surface area (Å²) in [7, 11) is 1.45. The fourth-order valence-corrected chi connectivity index (χ4v) is 4.33. The lowest BCUT2D eigenvalue weighted by atomic mass is 9.83. The van der Waals surface area contributed by atoms with Gasteiger partial charge in [-0.05, 0) is 47.4 Å². The summed E-state index contributed by atoms with van der Waals surface area (Å²) in [4.78, 5) is 19.7. The van der Waals surface area contributed by atoms with Crippen molar-refractivity contribution in [2.24, 2.45) is 5.16 Å². The van der Waals surface area contributed by atoms with E-state index in [1.165, 1.54) is 7.11 Å². The largest absolute Gasteiger partial charge is 0.399 e. The third-order valence-corrected chi connectivity index (χ3v) is 6.15. The molecule has 0 saturated carbocycles. The molecule has 0 aromatic heterocycles. The van der Waals surface area contributed by atoms with E-state index in [0.29, 0.717) is 28.8 Å². The second-order valence-corrected chi connectivity index (χ2v) is 8.19. The van der Waals surface area contributed by atoms with Gasteiger partial charge in [-0.15, -0.1) is 0 Å². The molecule has 0 aliphatic carbocycles. The van der Waals surface area contributed by atoms with E-state index in [2.05, 4.69) is 11.2 Å². The summed E-state index contributed by atoms with van der Waals surface area (Å²) in [6.45, 7) is 2.21. The number of nitrogens with zero attached hydrogens (tertiary/aromatic N) is 3. The van der Waals surface area contributed by atoms with Crippen molar-refractivity contribution in [1.29, 1.82) is 5.26 Å². The van der Waals surface area contributed by atoms with E-state index in [1.54, 1.807) is 35.2 Å². The summed E-state index contributed by atoms with van der Waals surface area (Å²) in [5, 5.41) is 34.2. The summed E-state index contributed by atoms with van der Waals surface area (Å²) in [5.74, 6) is -0.260. The second kappa shape index (κ2) is 8.71. The monoisotopic (exact) mass is 435 g/mol. The number of aliphatic hydroxyl groups excluding tert-OH is 1. The smallest absolute Gasteiger partial charge is 0.254 e. The van der Waals surface area contributed by atoms with Crippen LogP contribution >= 0.6 is 0 Å². The minimum Gasteiger partial charge on any atom is -0.399 e. The van der Waals surface area contributed by atoms with E-state index < -0.39 is 5.60 Å². The Balaban J connectivity index is 1.77. The molecule has 2 aromatic rings. The normalized spacial score (nSPS) is 20.7. The van der Waals surface area contributed by atoms with Crippen LogP contribution in [0.3, 0.4) is 0 Å². The molecule has 0 bridgehead atoms. The zero-order chi connectivity index (χ0) is 22.9. The van der Waals surface area contributed by atoms with Crippen LogP contribution in [0, 0.1) is 18.3 Å². The molecule has 1 amide bonds. The van der Waals surface area contributed by atoms with Gasteiger partial charge < -0.3 is 24.7 Å². The highest BCUT2D eigenvalue weighted by atomic mass is 16.6. The first-order valence-electron chi connectivity index (χ1n) is 10.4. The first kappa shape index (κ1) is 22.0. The van der Waals surface area contributed by atoms with E-state index in [0.717, 1.165) is 16.7 Å². The van der Waals surface area contributed by atoms with Crippen molar-refractivity contribution in [3.05, 3.63) is 58.7 Å². The van der Waals surface area contributed by atoms with Gasteiger partial charge >= 0.3 is 0 Å². The molecule has 2 N–H and O–H groups in total. The lowest BCUT2D eigenvalue weighted by Gasteiger charge is -2.38. The molecular formula is C24H25N3O5. The molecule has 0 spiro atoms. The van der Waals surface area contributed by atoms with Gasteiger partial charge in [-0.25, -0.2) is 0 Å². The maximum Gasteiger partial charge on any atom is 0.254 e. The van der Waals surface area contributed by atoms with Gasteiger partial charge in [0.15, 0.2) is 0 Å². The van der Waals surface area contributed by atoms with Crippen molar-refractivity contribution in [3.63, 3.8) is 0 Å². The molecule has 1 atom stereocenters. The Hall–Kier alpha value is -3.25. The molecule has 8 nitrogen and oxygen atoms in total. The third-order valence-electron chi connectivity index (χ3n) is 6.15. The predicted octanol–water partition coefficient (Wildman–Crippen LogP) is 1.96.